The van der Waals surface area contributed by atoms with Crippen molar-refractivity contribution in [3.63, 3.8) is 0 Å². The Bertz CT molecular complexity index is 944. The van der Waals surface area contributed by atoms with Crippen molar-refractivity contribution in [2.45, 2.75) is 24.5 Å². The molecule has 0 bridgehead atoms. The van der Waals surface area contributed by atoms with Gasteiger partial charge in [-0.1, -0.05) is 0 Å². The fourth-order valence-electron chi connectivity index (χ4n) is 2.68. The van der Waals surface area contributed by atoms with Crippen LogP contribution in [0.5, 0.6) is 0 Å². The quantitative estimate of drug-likeness (QED) is 0.331. The van der Waals surface area contributed by atoms with Gasteiger partial charge in [0.25, 0.3) is 5.69 Å². The summed E-state index contributed by atoms with van der Waals surface area (Å²) in [7, 11) is 0. The number of rotatable bonds is 5. The standard InChI is InChI=1S/C16H16N4O8/c17-11-5-6-19(16(24)18-11)14-13(22)12(21)10(28-14)7-27-15(23)8-1-3-9(4-2-8)20(25)26/h1-6,10,12-14,21-22H,7H2,(H2,17,18,24)/t10-,12-,13-,14-/m1/s1. The van der Waals surface area contributed by atoms with Crippen LogP contribution >= 0.6 is 0 Å². The van der Waals surface area contributed by atoms with Gasteiger partial charge in [-0.25, -0.2) is 9.59 Å². The summed E-state index contributed by atoms with van der Waals surface area (Å²) in [5.74, 6) is -0.808. The Kier molecular flexibility index (Phi) is 5.35. The van der Waals surface area contributed by atoms with E-state index in [9.17, 15) is 29.9 Å². The van der Waals surface area contributed by atoms with Crippen LogP contribution < -0.4 is 11.4 Å². The first-order valence-corrected chi connectivity index (χ1v) is 8.06. The Labute approximate surface area is 156 Å². The molecule has 4 atom stereocenters. The SMILES string of the molecule is Nc1ccn([C@@H]2O[C@H](COC(=O)c3ccc([N+](=O)[O-])cc3)[C@@H](O)[C@H]2O)c(=O)n1. The van der Waals surface area contributed by atoms with Crippen molar-refractivity contribution in [1.82, 2.24) is 9.55 Å². The van der Waals surface area contributed by atoms with Crippen LogP contribution in [-0.2, 0) is 9.47 Å². The van der Waals surface area contributed by atoms with E-state index in [2.05, 4.69) is 4.98 Å². The highest BCUT2D eigenvalue weighted by Gasteiger charge is 2.44. The van der Waals surface area contributed by atoms with E-state index in [-0.39, 0.29) is 17.1 Å². The molecule has 0 amide bonds. The molecule has 0 unspecified atom stereocenters. The van der Waals surface area contributed by atoms with E-state index in [0.29, 0.717) is 0 Å². The lowest BCUT2D eigenvalue weighted by Gasteiger charge is -2.16. The number of nitrogen functional groups attached to an aromatic ring is 1. The van der Waals surface area contributed by atoms with Crippen molar-refractivity contribution in [3.8, 4) is 0 Å². The Hall–Kier alpha value is -3.35. The first kappa shape index (κ1) is 19.4. The molecule has 1 aromatic carbocycles. The molecule has 1 saturated heterocycles. The molecular formula is C16H16N4O8. The van der Waals surface area contributed by atoms with Crippen LogP contribution in [0.25, 0.3) is 0 Å². The third-order valence-corrected chi connectivity index (χ3v) is 4.16. The van der Waals surface area contributed by atoms with Crippen molar-refractivity contribution in [2.24, 2.45) is 0 Å². The molecule has 12 heteroatoms. The number of benzene rings is 1. The minimum Gasteiger partial charge on any atom is -0.459 e. The maximum atomic E-state index is 12.0. The third kappa shape index (κ3) is 3.83. The highest BCUT2D eigenvalue weighted by Crippen LogP contribution is 2.28. The molecular weight excluding hydrogens is 376 g/mol. The number of carbonyl (C=O) groups excluding carboxylic acids is 1. The van der Waals surface area contributed by atoms with Crippen molar-refractivity contribution in [3.05, 3.63) is 62.7 Å². The van der Waals surface area contributed by atoms with E-state index in [1.165, 1.54) is 24.4 Å². The van der Waals surface area contributed by atoms with Gasteiger partial charge in [0.05, 0.1) is 10.5 Å². The van der Waals surface area contributed by atoms with Crippen molar-refractivity contribution >= 4 is 17.5 Å². The lowest BCUT2D eigenvalue weighted by molar-refractivity contribution is -0.384. The summed E-state index contributed by atoms with van der Waals surface area (Å²) < 4.78 is 11.4. The molecule has 12 nitrogen and oxygen atoms in total. The van der Waals surface area contributed by atoms with Gasteiger partial charge in [-0.3, -0.25) is 14.7 Å². The molecule has 2 heterocycles. The van der Waals surface area contributed by atoms with E-state index in [1.807, 2.05) is 0 Å². The zero-order valence-electron chi connectivity index (χ0n) is 14.2. The van der Waals surface area contributed by atoms with Crippen LogP contribution in [0, 0.1) is 10.1 Å². The van der Waals surface area contributed by atoms with Gasteiger partial charge < -0.3 is 25.4 Å². The van der Waals surface area contributed by atoms with Crippen LogP contribution in [0.15, 0.2) is 41.3 Å². The second-order valence-corrected chi connectivity index (χ2v) is 5.99. The highest BCUT2D eigenvalue weighted by atomic mass is 16.6. The average molecular weight is 392 g/mol. The normalized spacial score (nSPS) is 24.1. The number of aliphatic hydroxyl groups excluding tert-OH is 2. The number of aromatic nitrogens is 2. The second kappa shape index (κ2) is 7.72. The minimum atomic E-state index is -1.47. The summed E-state index contributed by atoms with van der Waals surface area (Å²) in [6.45, 7) is -0.415. The molecule has 28 heavy (non-hydrogen) atoms. The fraction of sp³-hybridized carbons (Fsp3) is 0.312. The summed E-state index contributed by atoms with van der Waals surface area (Å²) in [5, 5.41) is 30.9. The summed E-state index contributed by atoms with van der Waals surface area (Å²) in [5.41, 5.74) is 4.51. The molecule has 0 radical (unpaired) electrons. The van der Waals surface area contributed by atoms with Crippen LogP contribution in [0.2, 0.25) is 0 Å². The number of non-ortho nitro benzene ring substituents is 1. The maximum absolute atomic E-state index is 12.0. The van der Waals surface area contributed by atoms with Gasteiger partial charge in [0.1, 0.15) is 30.7 Å². The van der Waals surface area contributed by atoms with Gasteiger partial charge >= 0.3 is 11.7 Å². The minimum absolute atomic E-state index is 0.0112. The molecule has 1 aliphatic heterocycles. The molecule has 1 aromatic heterocycles. The molecule has 1 aliphatic rings. The number of ether oxygens (including phenoxy) is 2. The van der Waals surface area contributed by atoms with Gasteiger partial charge in [-0.2, -0.15) is 4.98 Å². The van der Waals surface area contributed by atoms with Gasteiger partial charge in [0.15, 0.2) is 6.23 Å². The second-order valence-electron chi connectivity index (χ2n) is 5.99. The number of hydrogen-bond donors (Lipinski definition) is 3. The van der Waals surface area contributed by atoms with Crippen LogP contribution in [0.1, 0.15) is 16.6 Å². The molecule has 3 rings (SSSR count). The average Bonchev–Trinajstić information content (AvgIpc) is 2.94. The van der Waals surface area contributed by atoms with Crippen molar-refractivity contribution < 1.29 is 29.4 Å². The topological polar surface area (TPSA) is 180 Å². The number of anilines is 1. The number of nitrogens with two attached hydrogens (primary N) is 1. The largest absolute Gasteiger partial charge is 0.459 e. The number of nitrogens with zero attached hydrogens (tertiary/aromatic N) is 3. The molecule has 0 saturated carbocycles. The molecule has 2 aromatic rings. The fourth-order valence-corrected chi connectivity index (χ4v) is 2.68. The predicted octanol–water partition coefficient (Wildman–Crippen LogP) is -0.790. The van der Waals surface area contributed by atoms with E-state index in [1.54, 1.807) is 0 Å². The summed E-state index contributed by atoms with van der Waals surface area (Å²) in [6, 6.07) is 6.08. The van der Waals surface area contributed by atoms with Crippen LogP contribution in [0.4, 0.5) is 11.5 Å². The Morgan fingerprint density at radius 2 is 1.96 bits per heavy atom. The van der Waals surface area contributed by atoms with Gasteiger partial charge in [-0.15, -0.1) is 0 Å². The van der Waals surface area contributed by atoms with Gasteiger partial charge in [-0.05, 0) is 18.2 Å². The highest BCUT2D eigenvalue weighted by molar-refractivity contribution is 5.89. The number of aliphatic hydroxyl groups is 2. The Morgan fingerprint density at radius 1 is 1.29 bits per heavy atom. The molecule has 148 valence electrons. The number of esters is 1. The summed E-state index contributed by atoms with van der Waals surface area (Å²) in [6.07, 6.45) is -3.98. The monoisotopic (exact) mass is 392 g/mol. The smallest absolute Gasteiger partial charge is 0.351 e. The van der Waals surface area contributed by atoms with Gasteiger partial charge in [0, 0.05) is 18.3 Å². The maximum Gasteiger partial charge on any atom is 0.351 e. The predicted molar refractivity (Wildman–Crippen MR) is 92.2 cm³/mol. The van der Waals surface area contributed by atoms with Crippen molar-refractivity contribution in [2.75, 3.05) is 12.3 Å². The first-order chi connectivity index (χ1) is 13.3. The molecule has 0 aliphatic carbocycles. The molecule has 1 fully saturated rings. The van der Waals surface area contributed by atoms with Gasteiger partial charge in [0.2, 0.25) is 0 Å². The summed E-state index contributed by atoms with van der Waals surface area (Å²) >= 11 is 0. The van der Waals surface area contributed by atoms with Crippen molar-refractivity contribution in [1.29, 1.82) is 0 Å². The Balaban J connectivity index is 1.65. The van der Waals surface area contributed by atoms with Crippen LogP contribution in [-0.4, -0.2) is 55.6 Å². The Morgan fingerprint density at radius 3 is 2.57 bits per heavy atom. The first-order valence-electron chi connectivity index (χ1n) is 8.06. The zero-order valence-corrected chi connectivity index (χ0v) is 14.2. The van der Waals surface area contributed by atoms with E-state index < -0.39 is 47.7 Å². The third-order valence-electron chi connectivity index (χ3n) is 4.16. The lowest BCUT2D eigenvalue weighted by atomic mass is 10.1. The zero-order chi connectivity index (χ0) is 20.4. The molecule has 4 N–H and O–H groups in total. The summed E-state index contributed by atoms with van der Waals surface area (Å²) in [4.78, 5) is 37.5. The van der Waals surface area contributed by atoms with E-state index >= 15 is 0 Å². The number of nitro groups is 1. The number of carbonyl (C=O) groups is 1. The number of hydrogen-bond acceptors (Lipinski definition) is 10. The van der Waals surface area contributed by atoms with E-state index in [4.69, 9.17) is 15.2 Å². The number of nitro benzene ring substituents is 1. The van der Waals surface area contributed by atoms with Crippen LogP contribution in [0.3, 0.4) is 0 Å². The van der Waals surface area contributed by atoms with E-state index in [0.717, 1.165) is 16.7 Å². The lowest BCUT2D eigenvalue weighted by Crippen LogP contribution is -2.36. The molecule has 0 spiro atoms.